The molecule has 2 aromatic rings. The topological polar surface area (TPSA) is 74.6 Å². The van der Waals surface area contributed by atoms with Crippen molar-refractivity contribution in [3.05, 3.63) is 58.1 Å². The quantitative estimate of drug-likeness (QED) is 0.696. The van der Waals surface area contributed by atoms with Gasteiger partial charge in [-0.05, 0) is 30.5 Å². The highest BCUT2D eigenvalue weighted by Gasteiger charge is 2.34. The van der Waals surface area contributed by atoms with Crippen molar-refractivity contribution in [1.29, 1.82) is 0 Å². The first-order valence-corrected chi connectivity index (χ1v) is 8.32. The first-order chi connectivity index (χ1) is 11.6. The van der Waals surface area contributed by atoms with E-state index in [1.807, 2.05) is 0 Å². The van der Waals surface area contributed by atoms with Crippen LogP contribution in [0.1, 0.15) is 70.0 Å². The number of unbranched alkanes of at least 4 members (excludes halogenated alkanes) is 3. The van der Waals surface area contributed by atoms with Gasteiger partial charge in [-0.25, -0.2) is 0 Å². The van der Waals surface area contributed by atoms with Crippen LogP contribution in [0.25, 0.3) is 0 Å². The van der Waals surface area contributed by atoms with E-state index >= 15 is 0 Å². The largest absolute Gasteiger partial charge is 0.507 e. The number of rotatable bonds is 5. The molecular weight excluding hydrogens is 304 g/mol. The van der Waals surface area contributed by atoms with Gasteiger partial charge in [0, 0.05) is 11.1 Å². The minimum atomic E-state index is -0.495. The third kappa shape index (κ3) is 2.58. The summed E-state index contributed by atoms with van der Waals surface area (Å²) in [6.45, 7) is 2.13. The molecule has 0 atom stereocenters. The van der Waals surface area contributed by atoms with Crippen molar-refractivity contribution in [2.45, 2.75) is 39.0 Å². The van der Waals surface area contributed by atoms with E-state index in [4.69, 9.17) is 0 Å². The van der Waals surface area contributed by atoms with Crippen LogP contribution < -0.4 is 0 Å². The number of phenols is 2. The molecule has 4 heteroatoms. The molecule has 24 heavy (non-hydrogen) atoms. The van der Waals surface area contributed by atoms with Gasteiger partial charge in [-0.15, -0.1) is 0 Å². The molecular formula is C20H20O4. The number of ketones is 2. The second-order valence-corrected chi connectivity index (χ2v) is 6.16. The van der Waals surface area contributed by atoms with Crippen molar-refractivity contribution < 1.29 is 19.8 Å². The highest BCUT2D eigenvalue weighted by atomic mass is 16.3. The Bertz CT molecular complexity index is 821. The minimum absolute atomic E-state index is 0.0157. The van der Waals surface area contributed by atoms with E-state index in [2.05, 4.69) is 6.92 Å². The molecule has 124 valence electrons. The molecule has 0 aliphatic heterocycles. The van der Waals surface area contributed by atoms with Crippen molar-refractivity contribution in [2.75, 3.05) is 0 Å². The normalized spacial score (nSPS) is 12.9. The van der Waals surface area contributed by atoms with Gasteiger partial charge in [-0.3, -0.25) is 9.59 Å². The Morgan fingerprint density at radius 1 is 0.833 bits per heavy atom. The van der Waals surface area contributed by atoms with E-state index in [9.17, 15) is 19.8 Å². The fraction of sp³-hybridized carbons (Fsp3) is 0.300. The van der Waals surface area contributed by atoms with E-state index < -0.39 is 5.78 Å². The number of benzene rings is 2. The maximum absolute atomic E-state index is 12.8. The van der Waals surface area contributed by atoms with E-state index in [-0.39, 0.29) is 39.5 Å². The highest BCUT2D eigenvalue weighted by molar-refractivity contribution is 6.30. The Kier molecular flexibility index (Phi) is 4.38. The molecule has 0 aromatic heterocycles. The van der Waals surface area contributed by atoms with E-state index in [0.717, 1.165) is 25.7 Å². The lowest BCUT2D eigenvalue weighted by Gasteiger charge is -2.20. The smallest absolute Gasteiger partial charge is 0.201 e. The average molecular weight is 324 g/mol. The van der Waals surface area contributed by atoms with Crippen LogP contribution in [0.5, 0.6) is 11.5 Å². The molecule has 2 N–H and O–H groups in total. The van der Waals surface area contributed by atoms with Crippen LogP contribution in [-0.2, 0) is 6.42 Å². The zero-order valence-electron chi connectivity index (χ0n) is 13.6. The predicted molar refractivity (Wildman–Crippen MR) is 90.9 cm³/mol. The lowest BCUT2D eigenvalue weighted by molar-refractivity contribution is 0.0974. The maximum Gasteiger partial charge on any atom is 0.201 e. The molecule has 0 fully saturated rings. The van der Waals surface area contributed by atoms with Crippen LogP contribution >= 0.6 is 0 Å². The zero-order chi connectivity index (χ0) is 17.3. The zero-order valence-corrected chi connectivity index (χ0v) is 13.6. The first kappa shape index (κ1) is 16.2. The minimum Gasteiger partial charge on any atom is -0.507 e. The predicted octanol–water partition coefficient (Wildman–Crippen LogP) is 4.00. The summed E-state index contributed by atoms with van der Waals surface area (Å²) in [6.07, 6.45) is 4.89. The summed E-state index contributed by atoms with van der Waals surface area (Å²) in [7, 11) is 0. The summed E-state index contributed by atoms with van der Waals surface area (Å²) in [5.74, 6) is -1.20. The molecule has 0 saturated heterocycles. The molecule has 0 spiro atoms. The standard InChI is InChI=1S/C20H20O4/c1-2-3-4-5-7-12-10-11-14-17(18(12)22)20(24)16-13(19(14)23)8-6-9-15(16)21/h6,8-11,21-22H,2-5,7H2,1H3. The summed E-state index contributed by atoms with van der Waals surface area (Å²) in [5.41, 5.74) is 1.05. The molecule has 0 saturated carbocycles. The Labute approximate surface area is 140 Å². The highest BCUT2D eigenvalue weighted by Crippen LogP contribution is 2.38. The number of hydrogen-bond donors (Lipinski definition) is 2. The fourth-order valence-corrected chi connectivity index (χ4v) is 3.24. The molecule has 4 nitrogen and oxygen atoms in total. The van der Waals surface area contributed by atoms with Crippen molar-refractivity contribution >= 4 is 11.6 Å². The average Bonchev–Trinajstić information content (AvgIpc) is 2.57. The summed E-state index contributed by atoms with van der Waals surface area (Å²) in [6, 6.07) is 7.76. The lowest BCUT2D eigenvalue weighted by atomic mass is 9.82. The summed E-state index contributed by atoms with van der Waals surface area (Å²) < 4.78 is 0. The van der Waals surface area contributed by atoms with Crippen LogP contribution in [0.3, 0.4) is 0 Å². The fourth-order valence-electron chi connectivity index (χ4n) is 3.24. The van der Waals surface area contributed by atoms with Gasteiger partial charge in [0.2, 0.25) is 5.78 Å². The van der Waals surface area contributed by atoms with Crippen molar-refractivity contribution in [3.8, 4) is 11.5 Å². The van der Waals surface area contributed by atoms with Crippen molar-refractivity contribution in [1.82, 2.24) is 0 Å². The van der Waals surface area contributed by atoms with Crippen LogP contribution in [-0.4, -0.2) is 21.8 Å². The Hall–Kier alpha value is -2.62. The number of carbonyl (C=O) groups is 2. The summed E-state index contributed by atoms with van der Waals surface area (Å²) >= 11 is 0. The van der Waals surface area contributed by atoms with Gasteiger partial charge in [0.25, 0.3) is 0 Å². The summed E-state index contributed by atoms with van der Waals surface area (Å²) in [5, 5.41) is 20.5. The molecule has 2 aromatic carbocycles. The first-order valence-electron chi connectivity index (χ1n) is 8.32. The molecule has 3 rings (SSSR count). The summed E-state index contributed by atoms with van der Waals surface area (Å²) in [4.78, 5) is 25.3. The van der Waals surface area contributed by atoms with Crippen molar-refractivity contribution in [2.24, 2.45) is 0 Å². The van der Waals surface area contributed by atoms with E-state index in [1.54, 1.807) is 12.1 Å². The SMILES string of the molecule is CCCCCCc1ccc2c(c1O)C(=O)c1c(O)cccc1C2=O. The van der Waals surface area contributed by atoms with Gasteiger partial charge in [-0.1, -0.05) is 44.4 Å². The number of fused-ring (bicyclic) bond motifs is 2. The van der Waals surface area contributed by atoms with Crippen LogP contribution in [0.15, 0.2) is 30.3 Å². The second-order valence-electron chi connectivity index (χ2n) is 6.16. The third-order valence-electron chi connectivity index (χ3n) is 4.55. The maximum atomic E-state index is 12.8. The second kappa shape index (κ2) is 6.48. The Balaban J connectivity index is 2.02. The molecule has 0 bridgehead atoms. The molecule has 0 unspecified atom stereocenters. The van der Waals surface area contributed by atoms with Gasteiger partial charge in [0.05, 0.1) is 11.1 Å². The van der Waals surface area contributed by atoms with Gasteiger partial charge in [0.1, 0.15) is 11.5 Å². The molecule has 0 radical (unpaired) electrons. The van der Waals surface area contributed by atoms with Gasteiger partial charge in [-0.2, -0.15) is 0 Å². The molecule has 0 heterocycles. The van der Waals surface area contributed by atoms with Crippen LogP contribution in [0.2, 0.25) is 0 Å². The third-order valence-corrected chi connectivity index (χ3v) is 4.55. The number of aryl methyl sites for hydroxylation is 1. The van der Waals surface area contributed by atoms with Gasteiger partial charge in [0.15, 0.2) is 5.78 Å². The van der Waals surface area contributed by atoms with Gasteiger partial charge >= 0.3 is 0 Å². The molecule has 0 amide bonds. The number of phenolic OH excluding ortho intramolecular Hbond substituents is 2. The monoisotopic (exact) mass is 324 g/mol. The van der Waals surface area contributed by atoms with Crippen LogP contribution in [0.4, 0.5) is 0 Å². The Morgan fingerprint density at radius 3 is 2.33 bits per heavy atom. The van der Waals surface area contributed by atoms with Crippen LogP contribution in [0, 0.1) is 0 Å². The Morgan fingerprint density at radius 2 is 1.58 bits per heavy atom. The van der Waals surface area contributed by atoms with Gasteiger partial charge < -0.3 is 10.2 Å². The van der Waals surface area contributed by atoms with E-state index in [0.29, 0.717) is 12.0 Å². The molecule has 1 aliphatic carbocycles. The number of carbonyl (C=O) groups excluding carboxylic acids is 2. The van der Waals surface area contributed by atoms with E-state index in [1.165, 1.54) is 18.2 Å². The number of aromatic hydroxyl groups is 2. The molecule has 1 aliphatic rings. The lowest BCUT2D eigenvalue weighted by Crippen LogP contribution is -2.21. The number of hydrogen-bond acceptors (Lipinski definition) is 4. The van der Waals surface area contributed by atoms with Crippen molar-refractivity contribution in [3.63, 3.8) is 0 Å².